The van der Waals surface area contributed by atoms with Gasteiger partial charge in [0, 0.05) is 44.2 Å². The Morgan fingerprint density at radius 2 is 2.03 bits per heavy atom. The summed E-state index contributed by atoms with van der Waals surface area (Å²) in [6.07, 6.45) is 2.77. The van der Waals surface area contributed by atoms with Gasteiger partial charge in [-0.25, -0.2) is 9.31 Å². The van der Waals surface area contributed by atoms with Crippen LogP contribution in [-0.2, 0) is 22.2 Å². The van der Waals surface area contributed by atoms with Gasteiger partial charge in [-0.05, 0) is 37.0 Å². The number of benzene rings is 1. The Hall–Kier alpha value is -2.17. The first-order chi connectivity index (χ1) is 14.4. The van der Waals surface area contributed by atoms with Crippen molar-refractivity contribution in [3.05, 3.63) is 34.9 Å². The number of carbonyl (C=O) groups is 1. The number of piperidine rings is 1. The molecule has 1 aromatic carbocycles. The molecule has 9 nitrogen and oxygen atoms in total. The van der Waals surface area contributed by atoms with Gasteiger partial charge in [0.15, 0.2) is 0 Å². The largest absolute Gasteiger partial charge is 0.368 e. The van der Waals surface area contributed by atoms with Crippen molar-refractivity contribution in [3.63, 3.8) is 0 Å². The fraction of sp³-hybridized carbons (Fsp3) is 0.526. The maximum atomic E-state index is 12.1. The summed E-state index contributed by atoms with van der Waals surface area (Å²) in [6.45, 7) is 4.53. The number of halogens is 1. The Balaban J connectivity index is 1.58. The van der Waals surface area contributed by atoms with E-state index in [0.717, 1.165) is 43.9 Å². The standard InChI is InChI=1S/C19H28ClN7O2S/c1-14(28)25-30(29)13-12-26(9-6-15-2-4-16(20)5-3-15)17-7-10-27(11-8-17)19-22-18(21)23-24-19/h2-5,17H,6-13H2,1H3,(H,25,28)(H3,21,22,23,24). The first-order valence-electron chi connectivity index (χ1n) is 9.97. The van der Waals surface area contributed by atoms with Crippen molar-refractivity contribution in [3.8, 4) is 0 Å². The molecule has 1 unspecified atom stereocenters. The number of hydrogen-bond donors (Lipinski definition) is 3. The van der Waals surface area contributed by atoms with E-state index < -0.39 is 11.0 Å². The highest BCUT2D eigenvalue weighted by molar-refractivity contribution is 7.83. The summed E-state index contributed by atoms with van der Waals surface area (Å²) < 4.78 is 14.6. The molecule has 1 aliphatic rings. The van der Waals surface area contributed by atoms with Crippen LogP contribution in [0.5, 0.6) is 0 Å². The second-order valence-electron chi connectivity index (χ2n) is 7.36. The second kappa shape index (κ2) is 10.7. The molecule has 1 atom stereocenters. The molecule has 2 aromatic rings. The zero-order chi connectivity index (χ0) is 21.5. The molecule has 0 saturated carbocycles. The molecule has 1 amide bonds. The molecular weight excluding hydrogens is 426 g/mol. The van der Waals surface area contributed by atoms with Crippen molar-refractivity contribution in [1.82, 2.24) is 24.8 Å². The first-order valence-corrected chi connectivity index (χ1v) is 11.7. The first kappa shape index (κ1) is 22.5. The van der Waals surface area contributed by atoms with E-state index in [1.807, 2.05) is 24.3 Å². The molecule has 0 radical (unpaired) electrons. The Morgan fingerprint density at radius 1 is 1.33 bits per heavy atom. The third-order valence-electron chi connectivity index (χ3n) is 5.18. The lowest BCUT2D eigenvalue weighted by atomic mass is 10.0. The molecule has 0 spiro atoms. The molecule has 2 heterocycles. The molecule has 1 aliphatic heterocycles. The van der Waals surface area contributed by atoms with Gasteiger partial charge in [0.25, 0.3) is 0 Å². The number of carbonyl (C=O) groups excluding carboxylic acids is 1. The molecule has 4 N–H and O–H groups in total. The van der Waals surface area contributed by atoms with Gasteiger partial charge in [-0.15, -0.1) is 5.10 Å². The third-order valence-corrected chi connectivity index (χ3v) is 6.50. The number of rotatable bonds is 9. The lowest BCUT2D eigenvalue weighted by molar-refractivity contribution is -0.117. The van der Waals surface area contributed by atoms with Crippen LogP contribution in [0.25, 0.3) is 0 Å². The number of amides is 1. The number of nitrogens with one attached hydrogen (secondary N) is 2. The SMILES string of the molecule is CC(=O)NS(=O)CCN(CCc1ccc(Cl)cc1)C1CCN(c2n[nH]c(N)n2)CC1. The van der Waals surface area contributed by atoms with Crippen molar-refractivity contribution in [1.29, 1.82) is 0 Å². The van der Waals surface area contributed by atoms with Crippen LogP contribution in [0.1, 0.15) is 25.3 Å². The summed E-state index contributed by atoms with van der Waals surface area (Å²) in [5.41, 5.74) is 6.85. The van der Waals surface area contributed by atoms with E-state index in [2.05, 4.69) is 29.7 Å². The lowest BCUT2D eigenvalue weighted by Crippen LogP contribution is -2.47. The zero-order valence-corrected chi connectivity index (χ0v) is 18.6. The van der Waals surface area contributed by atoms with Crippen LogP contribution in [0.15, 0.2) is 24.3 Å². The predicted molar refractivity (Wildman–Crippen MR) is 120 cm³/mol. The van der Waals surface area contributed by atoms with Gasteiger partial charge < -0.3 is 10.6 Å². The number of H-pyrrole nitrogens is 1. The van der Waals surface area contributed by atoms with Crippen molar-refractivity contribution in [2.24, 2.45) is 0 Å². The summed E-state index contributed by atoms with van der Waals surface area (Å²) in [4.78, 5) is 19.9. The number of aromatic amines is 1. The van der Waals surface area contributed by atoms with Crippen LogP contribution in [0.2, 0.25) is 5.02 Å². The van der Waals surface area contributed by atoms with Crippen molar-refractivity contribution in [2.75, 3.05) is 42.6 Å². The van der Waals surface area contributed by atoms with E-state index >= 15 is 0 Å². The molecule has 164 valence electrons. The average molecular weight is 454 g/mol. The number of hydrogen-bond acceptors (Lipinski definition) is 7. The van der Waals surface area contributed by atoms with Crippen LogP contribution in [0, 0.1) is 0 Å². The Bertz CT molecular complexity index is 853. The van der Waals surface area contributed by atoms with Gasteiger partial charge >= 0.3 is 0 Å². The number of nitrogen functional groups attached to an aromatic ring is 1. The van der Waals surface area contributed by atoms with E-state index in [1.165, 1.54) is 12.5 Å². The van der Waals surface area contributed by atoms with Crippen molar-refractivity contribution >= 4 is 40.4 Å². The van der Waals surface area contributed by atoms with Gasteiger partial charge in [0.05, 0.1) is 5.75 Å². The van der Waals surface area contributed by atoms with E-state index in [0.29, 0.717) is 30.2 Å². The van der Waals surface area contributed by atoms with Crippen molar-refractivity contribution < 1.29 is 9.00 Å². The molecule has 3 rings (SSSR count). The lowest BCUT2D eigenvalue weighted by Gasteiger charge is -2.38. The van der Waals surface area contributed by atoms with E-state index in [9.17, 15) is 9.00 Å². The normalized spacial score (nSPS) is 16.0. The van der Waals surface area contributed by atoms with Gasteiger partial charge in [0.1, 0.15) is 11.0 Å². The molecule has 0 aliphatic carbocycles. The van der Waals surface area contributed by atoms with Crippen LogP contribution >= 0.6 is 11.6 Å². The predicted octanol–water partition coefficient (Wildman–Crippen LogP) is 1.35. The van der Waals surface area contributed by atoms with Crippen LogP contribution in [-0.4, -0.2) is 68.2 Å². The molecular formula is C19H28ClN7O2S. The van der Waals surface area contributed by atoms with E-state index in [-0.39, 0.29) is 5.91 Å². The van der Waals surface area contributed by atoms with Crippen LogP contribution in [0.4, 0.5) is 11.9 Å². The second-order valence-corrected chi connectivity index (χ2v) is 9.10. The Morgan fingerprint density at radius 3 is 2.63 bits per heavy atom. The summed E-state index contributed by atoms with van der Waals surface area (Å²) in [5.74, 6) is 1.07. The number of anilines is 2. The van der Waals surface area contributed by atoms with Crippen molar-refractivity contribution in [2.45, 2.75) is 32.2 Å². The summed E-state index contributed by atoms with van der Waals surface area (Å²) >= 11 is 5.98. The number of nitrogens with two attached hydrogens (primary N) is 1. The van der Waals surface area contributed by atoms with Crippen LogP contribution in [0.3, 0.4) is 0 Å². The van der Waals surface area contributed by atoms with Gasteiger partial charge in [-0.2, -0.15) is 4.98 Å². The highest BCUT2D eigenvalue weighted by atomic mass is 35.5. The van der Waals surface area contributed by atoms with Gasteiger partial charge in [0.2, 0.25) is 17.8 Å². The minimum absolute atomic E-state index is 0.278. The minimum Gasteiger partial charge on any atom is -0.368 e. The molecule has 11 heteroatoms. The zero-order valence-electron chi connectivity index (χ0n) is 17.0. The van der Waals surface area contributed by atoms with Crippen LogP contribution < -0.4 is 15.4 Å². The highest BCUT2D eigenvalue weighted by Gasteiger charge is 2.26. The number of nitrogens with zero attached hydrogens (tertiary/aromatic N) is 4. The smallest absolute Gasteiger partial charge is 0.246 e. The van der Waals surface area contributed by atoms with E-state index in [4.69, 9.17) is 17.3 Å². The van der Waals surface area contributed by atoms with Gasteiger partial charge in [-0.1, -0.05) is 23.7 Å². The highest BCUT2D eigenvalue weighted by Crippen LogP contribution is 2.21. The fourth-order valence-corrected chi connectivity index (χ4v) is 4.60. The molecule has 1 saturated heterocycles. The average Bonchev–Trinajstić information content (AvgIpc) is 3.15. The Labute approximate surface area is 183 Å². The fourth-order valence-electron chi connectivity index (χ4n) is 3.65. The maximum absolute atomic E-state index is 12.1. The minimum atomic E-state index is -1.37. The summed E-state index contributed by atoms with van der Waals surface area (Å²) in [6, 6.07) is 8.22. The summed E-state index contributed by atoms with van der Waals surface area (Å²) in [5, 5.41) is 7.54. The van der Waals surface area contributed by atoms with E-state index in [1.54, 1.807) is 0 Å². The summed E-state index contributed by atoms with van der Waals surface area (Å²) in [7, 11) is -1.37. The van der Waals surface area contributed by atoms with Gasteiger partial charge in [-0.3, -0.25) is 14.4 Å². The monoisotopic (exact) mass is 453 g/mol. The molecule has 1 aromatic heterocycles. The maximum Gasteiger partial charge on any atom is 0.246 e. The quantitative estimate of drug-likeness (QED) is 0.524. The third kappa shape index (κ3) is 6.68. The number of aromatic nitrogens is 3. The molecule has 30 heavy (non-hydrogen) atoms. The molecule has 0 bridgehead atoms. The molecule has 1 fully saturated rings. The topological polar surface area (TPSA) is 120 Å². The Kier molecular flexibility index (Phi) is 8.06.